The maximum Gasteiger partial charge on any atom is 0.495 e. The molecule has 0 bridgehead atoms. The fourth-order valence-corrected chi connectivity index (χ4v) is 4.34. The summed E-state index contributed by atoms with van der Waals surface area (Å²) in [4.78, 5) is 0. The first kappa shape index (κ1) is 18.7. The van der Waals surface area contributed by atoms with Gasteiger partial charge in [0.1, 0.15) is 0 Å². The van der Waals surface area contributed by atoms with Gasteiger partial charge in [0, 0.05) is 0 Å². The van der Waals surface area contributed by atoms with E-state index in [1.807, 2.05) is 0 Å². The summed E-state index contributed by atoms with van der Waals surface area (Å²) in [6.07, 6.45) is 0. The highest BCUT2D eigenvalue weighted by molar-refractivity contribution is 6.65. The van der Waals surface area contributed by atoms with Gasteiger partial charge in [0.05, 0.1) is 11.2 Å². The summed E-state index contributed by atoms with van der Waals surface area (Å²) in [5.74, 6) is 0. The van der Waals surface area contributed by atoms with Crippen LogP contribution >= 0.6 is 0 Å². The highest BCUT2D eigenvalue weighted by Crippen LogP contribution is 2.38. The fraction of sp³-hybridized carbons (Fsp3) is 0.308. The van der Waals surface area contributed by atoms with Gasteiger partial charge in [-0.3, -0.25) is 0 Å². The van der Waals surface area contributed by atoms with E-state index in [1.165, 1.54) is 43.4 Å². The Morgan fingerprint density at radius 3 is 1.72 bits per heavy atom. The van der Waals surface area contributed by atoms with Crippen LogP contribution in [0.3, 0.4) is 0 Å². The van der Waals surface area contributed by atoms with E-state index >= 15 is 0 Å². The normalized spacial score (nSPS) is 18.2. The number of hydrogen-bond acceptors (Lipinski definition) is 2. The van der Waals surface area contributed by atoms with Crippen LogP contribution in [0.4, 0.5) is 0 Å². The summed E-state index contributed by atoms with van der Waals surface area (Å²) < 4.78 is 12.8. The predicted molar refractivity (Wildman–Crippen MR) is 124 cm³/mol. The van der Waals surface area contributed by atoms with E-state index in [0.717, 1.165) is 5.46 Å². The summed E-state index contributed by atoms with van der Waals surface area (Å²) in [5, 5.41) is 7.55. The van der Waals surface area contributed by atoms with E-state index in [9.17, 15) is 0 Å². The minimum absolute atomic E-state index is 0.351. The molecule has 0 N–H and O–H groups in total. The molecule has 29 heavy (non-hydrogen) atoms. The van der Waals surface area contributed by atoms with Crippen LogP contribution in [0.5, 0.6) is 0 Å². The van der Waals surface area contributed by atoms with E-state index in [1.54, 1.807) is 0 Å². The SMILES string of the molecule is Cc1cc(B2OC(C)(C)C(C)(C)O2)c2cc3cc4ccccc4cc3cc2c1C. The van der Waals surface area contributed by atoms with Gasteiger partial charge < -0.3 is 9.31 Å². The molecule has 3 heteroatoms. The van der Waals surface area contributed by atoms with Crippen LogP contribution < -0.4 is 5.46 Å². The van der Waals surface area contributed by atoms with Crippen molar-refractivity contribution in [3.05, 3.63) is 65.7 Å². The van der Waals surface area contributed by atoms with Gasteiger partial charge >= 0.3 is 7.12 Å². The van der Waals surface area contributed by atoms with Crippen LogP contribution in [0.25, 0.3) is 32.3 Å². The molecule has 146 valence electrons. The number of hydrogen-bond donors (Lipinski definition) is 0. The lowest BCUT2D eigenvalue weighted by Gasteiger charge is -2.32. The van der Waals surface area contributed by atoms with E-state index in [4.69, 9.17) is 9.31 Å². The average Bonchev–Trinajstić information content (AvgIpc) is 2.89. The zero-order chi connectivity index (χ0) is 20.6. The molecule has 1 fully saturated rings. The average molecular weight is 382 g/mol. The van der Waals surface area contributed by atoms with Gasteiger partial charge in [-0.2, -0.15) is 0 Å². The van der Waals surface area contributed by atoms with Crippen molar-refractivity contribution in [3.63, 3.8) is 0 Å². The summed E-state index contributed by atoms with van der Waals surface area (Å²) in [6, 6.07) is 20.0. The van der Waals surface area contributed by atoms with Gasteiger partial charge in [-0.15, -0.1) is 0 Å². The van der Waals surface area contributed by atoms with Crippen LogP contribution in [0, 0.1) is 13.8 Å². The molecular formula is C26H27BO2. The smallest absolute Gasteiger partial charge is 0.399 e. The van der Waals surface area contributed by atoms with Crippen LogP contribution in [-0.4, -0.2) is 18.3 Å². The predicted octanol–water partition coefficient (Wildman–Crippen LogP) is 6.06. The summed E-state index contributed by atoms with van der Waals surface area (Å²) in [7, 11) is -0.361. The Morgan fingerprint density at radius 2 is 1.17 bits per heavy atom. The quantitative estimate of drug-likeness (QED) is 0.294. The van der Waals surface area contributed by atoms with Crippen LogP contribution in [-0.2, 0) is 9.31 Å². The van der Waals surface area contributed by atoms with Crippen molar-refractivity contribution in [3.8, 4) is 0 Å². The van der Waals surface area contributed by atoms with Gasteiger partial charge in [-0.05, 0) is 115 Å². The molecule has 0 amide bonds. The molecule has 1 saturated heterocycles. The molecule has 4 aromatic rings. The van der Waals surface area contributed by atoms with Crippen LogP contribution in [0.15, 0.2) is 54.6 Å². The molecule has 0 atom stereocenters. The first-order valence-corrected chi connectivity index (χ1v) is 10.4. The summed E-state index contributed by atoms with van der Waals surface area (Å²) in [6.45, 7) is 12.8. The molecule has 0 aliphatic carbocycles. The Bertz CT molecular complexity index is 1270. The Hall–Kier alpha value is -2.36. The standard InChI is InChI=1S/C26H27BO2/c1-16-11-24(27-28-25(3,4)26(5,6)29-27)23-15-21-13-19-10-8-7-9-18(19)12-20(21)14-22(23)17(16)2/h7-15H,1-6H3. The van der Waals surface area contributed by atoms with Gasteiger partial charge in [0.15, 0.2) is 0 Å². The molecule has 0 unspecified atom stereocenters. The molecule has 4 aromatic carbocycles. The molecule has 1 aliphatic heterocycles. The zero-order valence-electron chi connectivity index (χ0n) is 18.1. The lowest BCUT2D eigenvalue weighted by Crippen LogP contribution is -2.41. The molecule has 0 spiro atoms. The minimum atomic E-state index is -0.361. The highest BCUT2D eigenvalue weighted by Gasteiger charge is 2.52. The monoisotopic (exact) mass is 382 g/mol. The van der Waals surface area contributed by atoms with Gasteiger partial charge in [-0.25, -0.2) is 0 Å². The molecule has 0 saturated carbocycles. The van der Waals surface area contributed by atoms with Crippen molar-refractivity contribution >= 4 is 44.9 Å². The molecular weight excluding hydrogens is 355 g/mol. The molecule has 1 aliphatic rings. The largest absolute Gasteiger partial charge is 0.495 e. The summed E-state index contributed by atoms with van der Waals surface area (Å²) in [5.41, 5.74) is 3.00. The van der Waals surface area contributed by atoms with Crippen molar-refractivity contribution in [2.45, 2.75) is 52.7 Å². The Balaban J connectivity index is 1.79. The van der Waals surface area contributed by atoms with Gasteiger partial charge in [0.2, 0.25) is 0 Å². The Morgan fingerprint density at radius 1 is 0.655 bits per heavy atom. The molecule has 0 radical (unpaired) electrons. The zero-order valence-corrected chi connectivity index (χ0v) is 18.1. The lowest BCUT2D eigenvalue weighted by molar-refractivity contribution is 0.00578. The Kier molecular flexibility index (Phi) is 3.91. The third-order valence-corrected chi connectivity index (χ3v) is 7.03. The Labute approximate surface area is 173 Å². The number of rotatable bonds is 1. The van der Waals surface area contributed by atoms with E-state index in [2.05, 4.69) is 96.1 Å². The van der Waals surface area contributed by atoms with E-state index in [0.29, 0.717) is 0 Å². The molecule has 0 aromatic heterocycles. The van der Waals surface area contributed by atoms with Crippen LogP contribution in [0.1, 0.15) is 38.8 Å². The number of fused-ring (bicyclic) bond motifs is 3. The fourth-order valence-electron chi connectivity index (χ4n) is 4.34. The maximum absolute atomic E-state index is 6.41. The van der Waals surface area contributed by atoms with Crippen molar-refractivity contribution in [1.29, 1.82) is 0 Å². The molecule has 5 rings (SSSR count). The van der Waals surface area contributed by atoms with Crippen molar-refractivity contribution in [2.75, 3.05) is 0 Å². The van der Waals surface area contributed by atoms with Crippen LogP contribution in [0.2, 0.25) is 0 Å². The first-order valence-electron chi connectivity index (χ1n) is 10.4. The van der Waals surface area contributed by atoms with E-state index < -0.39 is 0 Å². The van der Waals surface area contributed by atoms with Crippen molar-refractivity contribution in [1.82, 2.24) is 0 Å². The third-order valence-electron chi connectivity index (χ3n) is 7.03. The minimum Gasteiger partial charge on any atom is -0.399 e. The van der Waals surface area contributed by atoms with Crippen molar-refractivity contribution in [2.24, 2.45) is 0 Å². The second-order valence-corrected chi connectivity index (χ2v) is 9.44. The van der Waals surface area contributed by atoms with Gasteiger partial charge in [-0.1, -0.05) is 30.3 Å². The first-order chi connectivity index (χ1) is 13.7. The number of benzene rings is 4. The third kappa shape index (κ3) is 2.79. The second kappa shape index (κ2) is 6.07. The lowest BCUT2D eigenvalue weighted by atomic mass is 9.74. The highest BCUT2D eigenvalue weighted by atomic mass is 16.7. The van der Waals surface area contributed by atoms with Crippen molar-refractivity contribution < 1.29 is 9.31 Å². The maximum atomic E-state index is 6.41. The molecule has 2 nitrogen and oxygen atoms in total. The van der Waals surface area contributed by atoms with E-state index in [-0.39, 0.29) is 18.3 Å². The number of aryl methyl sites for hydroxylation is 2. The summed E-state index contributed by atoms with van der Waals surface area (Å²) >= 11 is 0. The topological polar surface area (TPSA) is 18.5 Å². The van der Waals surface area contributed by atoms with Gasteiger partial charge in [0.25, 0.3) is 0 Å². The second-order valence-electron chi connectivity index (χ2n) is 9.44. The molecule has 1 heterocycles.